The van der Waals surface area contributed by atoms with Crippen LogP contribution in [0.15, 0.2) is 6.07 Å². The predicted octanol–water partition coefficient (Wildman–Crippen LogP) is 1.28. The maximum atomic E-state index is 11.3. The van der Waals surface area contributed by atoms with Crippen LogP contribution in [0.25, 0.3) is 0 Å². The van der Waals surface area contributed by atoms with Gasteiger partial charge in [0, 0.05) is 0 Å². The van der Waals surface area contributed by atoms with E-state index < -0.39 is 11.8 Å². The third-order valence-electron chi connectivity index (χ3n) is 2.41. The first-order valence-corrected chi connectivity index (χ1v) is 4.55. The number of hydrogen-bond acceptors (Lipinski definition) is 4. The number of methoxy groups -OCH3 is 1. The molecule has 0 amide bonds. The molecule has 0 heterocycles. The molecule has 1 aromatic rings. The van der Waals surface area contributed by atoms with E-state index in [2.05, 4.69) is 0 Å². The first-order chi connectivity index (χ1) is 7.40. The number of Topliss-reactive ketones (excluding diaryl/α,β-unsaturated/α-hetero) is 1. The van der Waals surface area contributed by atoms with Crippen molar-refractivity contribution in [2.75, 3.05) is 7.11 Å². The lowest BCUT2D eigenvalue weighted by atomic mass is 10.0. The van der Waals surface area contributed by atoms with E-state index in [1.54, 1.807) is 13.8 Å². The van der Waals surface area contributed by atoms with Gasteiger partial charge in [-0.1, -0.05) is 0 Å². The second kappa shape index (κ2) is 4.22. The number of carboxylic acid groups (broad SMARTS) is 1. The SMILES string of the molecule is COc1c(C(=O)C(=O)O)cc(C)c(C)c1O. The number of phenols is 1. The van der Waals surface area contributed by atoms with Gasteiger partial charge in [-0.2, -0.15) is 0 Å². The van der Waals surface area contributed by atoms with Crippen molar-refractivity contribution >= 4 is 11.8 Å². The Hall–Kier alpha value is -2.04. The molecule has 0 aliphatic rings. The largest absolute Gasteiger partial charge is 0.504 e. The smallest absolute Gasteiger partial charge is 0.377 e. The molecule has 16 heavy (non-hydrogen) atoms. The number of phenolic OH excluding ortho intramolecular Hbond substituents is 1. The highest BCUT2D eigenvalue weighted by Crippen LogP contribution is 2.35. The number of aromatic hydroxyl groups is 1. The Morgan fingerprint density at radius 3 is 2.31 bits per heavy atom. The summed E-state index contributed by atoms with van der Waals surface area (Å²) in [5.41, 5.74) is 1.04. The van der Waals surface area contributed by atoms with Crippen molar-refractivity contribution in [2.24, 2.45) is 0 Å². The highest BCUT2D eigenvalue weighted by molar-refractivity contribution is 6.40. The van der Waals surface area contributed by atoms with Crippen molar-refractivity contribution in [2.45, 2.75) is 13.8 Å². The summed E-state index contributed by atoms with van der Waals surface area (Å²) in [4.78, 5) is 21.9. The number of ketones is 1. The summed E-state index contributed by atoms with van der Waals surface area (Å²) in [5.74, 6) is -2.99. The molecule has 1 rings (SSSR count). The van der Waals surface area contributed by atoms with E-state index in [1.165, 1.54) is 13.2 Å². The number of ether oxygens (including phenoxy) is 1. The molecule has 0 fully saturated rings. The number of rotatable bonds is 3. The molecule has 0 aliphatic carbocycles. The van der Waals surface area contributed by atoms with E-state index in [4.69, 9.17) is 9.84 Å². The molecule has 0 bridgehead atoms. The van der Waals surface area contributed by atoms with E-state index in [9.17, 15) is 14.7 Å². The van der Waals surface area contributed by atoms with Gasteiger partial charge in [0.2, 0.25) is 0 Å². The Morgan fingerprint density at radius 1 is 1.31 bits per heavy atom. The molecule has 5 nitrogen and oxygen atoms in total. The Bertz CT molecular complexity index is 462. The normalized spacial score (nSPS) is 9.94. The Balaban J connectivity index is 3.51. The molecule has 1 aromatic carbocycles. The van der Waals surface area contributed by atoms with Gasteiger partial charge in [-0.25, -0.2) is 4.79 Å². The minimum atomic E-state index is -1.58. The maximum Gasteiger partial charge on any atom is 0.377 e. The molecule has 0 saturated heterocycles. The molecule has 86 valence electrons. The zero-order chi connectivity index (χ0) is 12.5. The molecule has 0 atom stereocenters. The topological polar surface area (TPSA) is 83.8 Å². The van der Waals surface area contributed by atoms with Gasteiger partial charge >= 0.3 is 5.97 Å². The monoisotopic (exact) mass is 224 g/mol. The molecule has 0 unspecified atom stereocenters. The molecule has 5 heteroatoms. The van der Waals surface area contributed by atoms with Crippen molar-refractivity contribution < 1.29 is 24.5 Å². The zero-order valence-electron chi connectivity index (χ0n) is 9.20. The van der Waals surface area contributed by atoms with E-state index in [1.807, 2.05) is 0 Å². The van der Waals surface area contributed by atoms with Crippen molar-refractivity contribution in [3.63, 3.8) is 0 Å². The molecule has 0 spiro atoms. The van der Waals surface area contributed by atoms with Crippen LogP contribution in [0.5, 0.6) is 11.5 Å². The molecule has 0 radical (unpaired) electrons. The van der Waals surface area contributed by atoms with Gasteiger partial charge < -0.3 is 14.9 Å². The average Bonchev–Trinajstić information content (AvgIpc) is 2.24. The van der Waals surface area contributed by atoms with Crippen molar-refractivity contribution in [1.82, 2.24) is 0 Å². The van der Waals surface area contributed by atoms with Crippen LogP contribution in [0.3, 0.4) is 0 Å². The summed E-state index contributed by atoms with van der Waals surface area (Å²) in [7, 11) is 1.27. The van der Waals surface area contributed by atoms with E-state index in [-0.39, 0.29) is 17.1 Å². The Morgan fingerprint density at radius 2 is 1.88 bits per heavy atom. The number of aryl methyl sites for hydroxylation is 1. The first-order valence-electron chi connectivity index (χ1n) is 4.55. The highest BCUT2D eigenvalue weighted by Gasteiger charge is 2.23. The molecular formula is C11H12O5. The van der Waals surface area contributed by atoms with Gasteiger partial charge in [0.25, 0.3) is 5.78 Å². The lowest BCUT2D eigenvalue weighted by molar-refractivity contribution is -0.131. The van der Waals surface area contributed by atoms with Crippen molar-refractivity contribution in [1.29, 1.82) is 0 Å². The second-order valence-electron chi connectivity index (χ2n) is 3.38. The van der Waals surface area contributed by atoms with E-state index >= 15 is 0 Å². The fraction of sp³-hybridized carbons (Fsp3) is 0.273. The summed E-state index contributed by atoms with van der Waals surface area (Å²) < 4.78 is 4.85. The molecular weight excluding hydrogens is 212 g/mol. The summed E-state index contributed by atoms with van der Waals surface area (Å²) in [6.45, 7) is 3.33. The van der Waals surface area contributed by atoms with E-state index in [0.29, 0.717) is 11.1 Å². The van der Waals surface area contributed by atoms with Crippen LogP contribution in [0.4, 0.5) is 0 Å². The first kappa shape index (κ1) is 12.0. The van der Waals surface area contributed by atoms with Crippen LogP contribution in [0.1, 0.15) is 21.5 Å². The Labute approximate surface area is 92.3 Å². The third-order valence-corrected chi connectivity index (χ3v) is 2.41. The molecule has 2 N–H and O–H groups in total. The van der Waals surface area contributed by atoms with Crippen LogP contribution in [-0.2, 0) is 4.79 Å². The van der Waals surface area contributed by atoms with Gasteiger partial charge in [0.05, 0.1) is 12.7 Å². The summed E-state index contributed by atoms with van der Waals surface area (Å²) in [6.07, 6.45) is 0. The number of hydrogen-bond donors (Lipinski definition) is 2. The lowest BCUT2D eigenvalue weighted by Gasteiger charge is -2.12. The fourth-order valence-electron chi connectivity index (χ4n) is 1.37. The van der Waals surface area contributed by atoms with Crippen molar-refractivity contribution in [3.05, 3.63) is 22.8 Å². The van der Waals surface area contributed by atoms with Gasteiger partial charge in [-0.3, -0.25) is 4.79 Å². The lowest BCUT2D eigenvalue weighted by Crippen LogP contribution is -2.14. The average molecular weight is 224 g/mol. The number of carbonyl (C=O) groups excluding carboxylic acids is 1. The molecule has 0 saturated carbocycles. The van der Waals surface area contributed by atoms with Crippen LogP contribution >= 0.6 is 0 Å². The second-order valence-corrected chi connectivity index (χ2v) is 3.38. The number of carbonyl (C=O) groups is 2. The number of benzene rings is 1. The maximum absolute atomic E-state index is 11.3. The standard InChI is InChI=1S/C11H12O5/c1-5-4-7(9(13)11(14)15)10(16-3)8(12)6(5)2/h4,12H,1-3H3,(H,14,15). The minimum Gasteiger partial charge on any atom is -0.504 e. The fourth-order valence-corrected chi connectivity index (χ4v) is 1.37. The zero-order valence-corrected chi connectivity index (χ0v) is 9.20. The van der Waals surface area contributed by atoms with Gasteiger partial charge in [0.15, 0.2) is 11.5 Å². The van der Waals surface area contributed by atoms with Crippen molar-refractivity contribution in [3.8, 4) is 11.5 Å². The minimum absolute atomic E-state index is 0.101. The van der Waals surface area contributed by atoms with Gasteiger partial charge in [-0.05, 0) is 31.0 Å². The van der Waals surface area contributed by atoms with E-state index in [0.717, 1.165) is 0 Å². The van der Waals surface area contributed by atoms with Crippen LogP contribution in [0.2, 0.25) is 0 Å². The number of aliphatic carboxylic acids is 1. The summed E-state index contributed by atoms with van der Waals surface area (Å²) in [6, 6.07) is 1.39. The highest BCUT2D eigenvalue weighted by atomic mass is 16.5. The molecule has 0 aromatic heterocycles. The Kier molecular flexibility index (Phi) is 3.17. The van der Waals surface area contributed by atoms with Crippen LogP contribution in [0, 0.1) is 13.8 Å². The third kappa shape index (κ3) is 1.84. The predicted molar refractivity (Wildman–Crippen MR) is 56.1 cm³/mol. The van der Waals surface area contributed by atoms with Crippen LogP contribution < -0.4 is 4.74 Å². The van der Waals surface area contributed by atoms with Gasteiger partial charge in [-0.15, -0.1) is 0 Å². The van der Waals surface area contributed by atoms with Crippen LogP contribution in [-0.4, -0.2) is 29.1 Å². The molecule has 0 aliphatic heterocycles. The summed E-state index contributed by atoms with van der Waals surface area (Å²) in [5, 5.41) is 18.3. The quantitative estimate of drug-likeness (QED) is 0.597. The van der Waals surface area contributed by atoms with Gasteiger partial charge in [0.1, 0.15) is 0 Å². The summed E-state index contributed by atoms with van der Waals surface area (Å²) >= 11 is 0. The number of carboxylic acids is 1.